The topological polar surface area (TPSA) is 70.2 Å². The summed E-state index contributed by atoms with van der Waals surface area (Å²) in [5.74, 6) is 2.09. The van der Waals surface area contributed by atoms with Gasteiger partial charge in [0.1, 0.15) is 0 Å². The van der Waals surface area contributed by atoms with Crippen molar-refractivity contribution < 1.29 is 9.59 Å². The SMILES string of the molecule is CC1CCCC2CC(C(=O)NC3CCC(=O)NC4CCCCC43)NC12. The molecule has 3 N–H and O–H groups in total. The van der Waals surface area contributed by atoms with Crippen molar-refractivity contribution in [3.05, 3.63) is 0 Å². The number of carbonyl (C=O) groups is 2. The molecule has 0 aromatic rings. The Morgan fingerprint density at radius 3 is 2.76 bits per heavy atom. The molecule has 5 nitrogen and oxygen atoms in total. The van der Waals surface area contributed by atoms with Crippen LogP contribution in [0.1, 0.15) is 71.1 Å². The van der Waals surface area contributed by atoms with Gasteiger partial charge in [-0.25, -0.2) is 0 Å². The largest absolute Gasteiger partial charge is 0.353 e. The monoisotopic (exact) mass is 347 g/mol. The molecule has 0 spiro atoms. The van der Waals surface area contributed by atoms with Gasteiger partial charge in [-0.3, -0.25) is 9.59 Å². The minimum Gasteiger partial charge on any atom is -0.353 e. The highest BCUT2D eigenvalue weighted by molar-refractivity contribution is 5.83. The number of amides is 2. The molecule has 7 unspecified atom stereocenters. The van der Waals surface area contributed by atoms with Crippen LogP contribution < -0.4 is 16.0 Å². The lowest BCUT2D eigenvalue weighted by atomic mass is 9.78. The maximum atomic E-state index is 13.0. The Bertz CT molecular complexity index is 523. The third-order valence-corrected chi connectivity index (χ3v) is 7.30. The number of fused-ring (bicyclic) bond motifs is 2. The van der Waals surface area contributed by atoms with E-state index in [4.69, 9.17) is 0 Å². The standard InChI is InChI=1S/C20H33N3O2/c1-12-5-4-6-13-11-17(22-19(12)13)20(25)23-16-9-10-18(24)21-15-8-3-2-7-14(15)16/h12-17,19,22H,2-11H2,1H3,(H,21,24)(H,23,25). The van der Waals surface area contributed by atoms with E-state index in [0.29, 0.717) is 30.2 Å². The van der Waals surface area contributed by atoms with Crippen molar-refractivity contribution in [2.24, 2.45) is 17.8 Å². The van der Waals surface area contributed by atoms with Crippen LogP contribution >= 0.6 is 0 Å². The molecule has 7 atom stereocenters. The zero-order valence-electron chi connectivity index (χ0n) is 15.4. The number of hydrogen-bond donors (Lipinski definition) is 3. The van der Waals surface area contributed by atoms with Gasteiger partial charge in [0.25, 0.3) is 0 Å². The van der Waals surface area contributed by atoms with Gasteiger partial charge >= 0.3 is 0 Å². The van der Waals surface area contributed by atoms with Crippen molar-refractivity contribution in [2.45, 2.75) is 95.3 Å². The number of carbonyl (C=O) groups excluding carboxylic acids is 2. The van der Waals surface area contributed by atoms with Crippen molar-refractivity contribution in [3.63, 3.8) is 0 Å². The van der Waals surface area contributed by atoms with E-state index < -0.39 is 0 Å². The number of nitrogens with one attached hydrogen (secondary N) is 3. The molecule has 0 bridgehead atoms. The Morgan fingerprint density at radius 2 is 1.92 bits per heavy atom. The quantitative estimate of drug-likeness (QED) is 0.716. The Hall–Kier alpha value is -1.10. The second-order valence-corrected chi connectivity index (χ2v) is 8.93. The molecule has 2 saturated carbocycles. The third kappa shape index (κ3) is 3.57. The van der Waals surface area contributed by atoms with E-state index in [1.165, 1.54) is 32.1 Å². The molecule has 0 radical (unpaired) electrons. The zero-order valence-corrected chi connectivity index (χ0v) is 15.4. The van der Waals surface area contributed by atoms with Crippen molar-refractivity contribution in [1.29, 1.82) is 0 Å². The molecule has 140 valence electrons. The molecule has 4 rings (SSSR count). The molecule has 2 saturated heterocycles. The van der Waals surface area contributed by atoms with Gasteiger partial charge in [0.2, 0.25) is 11.8 Å². The highest BCUT2D eigenvalue weighted by atomic mass is 16.2. The predicted molar refractivity (Wildman–Crippen MR) is 96.9 cm³/mol. The first-order valence-corrected chi connectivity index (χ1v) is 10.5. The second kappa shape index (κ2) is 7.26. The molecule has 4 aliphatic rings. The summed E-state index contributed by atoms with van der Waals surface area (Å²) in [5.41, 5.74) is 0. The molecular formula is C20H33N3O2. The maximum Gasteiger partial charge on any atom is 0.237 e. The molecule has 0 aromatic carbocycles. The van der Waals surface area contributed by atoms with Crippen molar-refractivity contribution in [1.82, 2.24) is 16.0 Å². The number of rotatable bonds is 2. The Morgan fingerprint density at radius 1 is 1.08 bits per heavy atom. The van der Waals surface area contributed by atoms with Crippen LogP contribution in [0.25, 0.3) is 0 Å². The van der Waals surface area contributed by atoms with Crippen LogP contribution in [0.15, 0.2) is 0 Å². The lowest BCUT2D eigenvalue weighted by molar-refractivity contribution is -0.124. The highest BCUT2D eigenvalue weighted by Crippen LogP contribution is 2.37. The van der Waals surface area contributed by atoms with Crippen LogP contribution in [0.5, 0.6) is 0 Å². The average Bonchev–Trinajstić information content (AvgIpc) is 2.98. The zero-order chi connectivity index (χ0) is 17.4. The molecule has 25 heavy (non-hydrogen) atoms. The van der Waals surface area contributed by atoms with E-state index in [9.17, 15) is 9.59 Å². The van der Waals surface area contributed by atoms with E-state index in [-0.39, 0.29) is 29.9 Å². The molecule has 5 heteroatoms. The van der Waals surface area contributed by atoms with Gasteiger partial charge in [0.05, 0.1) is 6.04 Å². The summed E-state index contributed by atoms with van der Waals surface area (Å²) in [6, 6.07) is 0.889. The van der Waals surface area contributed by atoms with Crippen molar-refractivity contribution in [3.8, 4) is 0 Å². The highest BCUT2D eigenvalue weighted by Gasteiger charge is 2.43. The van der Waals surface area contributed by atoms with Gasteiger partial charge in [-0.1, -0.05) is 26.2 Å². The maximum absolute atomic E-state index is 13.0. The first-order chi connectivity index (χ1) is 12.1. The normalized spacial score (nSPS) is 44.2. The molecule has 2 aliphatic carbocycles. The molecule has 4 fully saturated rings. The van der Waals surface area contributed by atoms with Gasteiger partial charge in [-0.05, 0) is 56.3 Å². The molecule has 2 amide bonds. The summed E-state index contributed by atoms with van der Waals surface area (Å²) in [6.07, 6.45) is 10.7. The van der Waals surface area contributed by atoms with E-state index >= 15 is 0 Å². The van der Waals surface area contributed by atoms with E-state index in [0.717, 1.165) is 25.7 Å². The Balaban J connectivity index is 1.40. The molecule has 2 heterocycles. The molecule has 2 aliphatic heterocycles. The summed E-state index contributed by atoms with van der Waals surface area (Å²) in [4.78, 5) is 24.9. The fourth-order valence-corrected chi connectivity index (χ4v) is 5.94. The fourth-order valence-electron chi connectivity index (χ4n) is 5.94. The summed E-state index contributed by atoms with van der Waals surface area (Å²) in [6.45, 7) is 2.32. The third-order valence-electron chi connectivity index (χ3n) is 7.30. The van der Waals surface area contributed by atoms with Crippen LogP contribution in [0.2, 0.25) is 0 Å². The first-order valence-electron chi connectivity index (χ1n) is 10.5. The van der Waals surface area contributed by atoms with Crippen LogP contribution in [0, 0.1) is 17.8 Å². The summed E-state index contributed by atoms with van der Waals surface area (Å²) < 4.78 is 0. The second-order valence-electron chi connectivity index (χ2n) is 8.93. The van der Waals surface area contributed by atoms with Gasteiger partial charge in [-0.2, -0.15) is 0 Å². The smallest absolute Gasteiger partial charge is 0.237 e. The van der Waals surface area contributed by atoms with E-state index in [1.54, 1.807) is 0 Å². The van der Waals surface area contributed by atoms with Crippen molar-refractivity contribution >= 4 is 11.8 Å². The lowest BCUT2D eigenvalue weighted by Crippen LogP contribution is -2.53. The van der Waals surface area contributed by atoms with Gasteiger partial charge < -0.3 is 16.0 Å². The van der Waals surface area contributed by atoms with Crippen LogP contribution in [0.3, 0.4) is 0 Å². The minimum absolute atomic E-state index is 0.0375. The van der Waals surface area contributed by atoms with Crippen LogP contribution in [-0.4, -0.2) is 36.0 Å². The fraction of sp³-hybridized carbons (Fsp3) is 0.900. The van der Waals surface area contributed by atoms with E-state index in [1.807, 2.05) is 0 Å². The van der Waals surface area contributed by atoms with Gasteiger partial charge in [-0.15, -0.1) is 0 Å². The Kier molecular flexibility index (Phi) is 5.03. The van der Waals surface area contributed by atoms with Crippen LogP contribution in [0.4, 0.5) is 0 Å². The summed E-state index contributed by atoms with van der Waals surface area (Å²) in [7, 11) is 0. The average molecular weight is 348 g/mol. The van der Waals surface area contributed by atoms with Crippen molar-refractivity contribution in [2.75, 3.05) is 0 Å². The van der Waals surface area contributed by atoms with Crippen LogP contribution in [-0.2, 0) is 9.59 Å². The summed E-state index contributed by atoms with van der Waals surface area (Å²) >= 11 is 0. The van der Waals surface area contributed by atoms with Gasteiger partial charge in [0.15, 0.2) is 0 Å². The molecule has 0 aromatic heterocycles. The molecular weight excluding hydrogens is 314 g/mol. The van der Waals surface area contributed by atoms with E-state index in [2.05, 4.69) is 22.9 Å². The minimum atomic E-state index is -0.0375. The first kappa shape index (κ1) is 17.3. The van der Waals surface area contributed by atoms with Gasteiger partial charge in [0, 0.05) is 24.5 Å². The predicted octanol–water partition coefficient (Wildman–Crippen LogP) is 2.11. The summed E-state index contributed by atoms with van der Waals surface area (Å²) in [5, 5.41) is 10.2. The lowest BCUT2D eigenvalue weighted by Gasteiger charge is -2.36. The Labute approximate surface area is 151 Å². The number of hydrogen-bond acceptors (Lipinski definition) is 3.